The second kappa shape index (κ2) is 11.8. The third kappa shape index (κ3) is 6.65. The molecule has 0 spiro atoms. The van der Waals surface area contributed by atoms with Crippen LogP contribution in [0.2, 0.25) is 0 Å². The minimum atomic E-state index is -0.797. The summed E-state index contributed by atoms with van der Waals surface area (Å²) in [5.74, 6) is 1.64. The van der Waals surface area contributed by atoms with Gasteiger partial charge in [-0.2, -0.15) is 0 Å². The summed E-state index contributed by atoms with van der Waals surface area (Å²) in [7, 11) is 0. The summed E-state index contributed by atoms with van der Waals surface area (Å²) in [6, 6.07) is 4.91. The number of hydrogen-bond acceptors (Lipinski definition) is 3. The topological polar surface area (TPSA) is 46.5 Å². The van der Waals surface area contributed by atoms with Gasteiger partial charge in [-0.05, 0) is 79.9 Å². The van der Waals surface area contributed by atoms with Gasteiger partial charge in [-0.3, -0.25) is 0 Å². The van der Waals surface area contributed by atoms with E-state index in [-0.39, 0.29) is 11.3 Å². The number of carbonyl (C=O) groups is 1. The first-order valence-corrected chi connectivity index (χ1v) is 12.3. The van der Waals surface area contributed by atoms with Gasteiger partial charge >= 0.3 is 5.97 Å². The van der Waals surface area contributed by atoms with E-state index in [0.29, 0.717) is 5.92 Å². The Hall–Kier alpha value is -1.68. The minimum Gasteiger partial charge on any atom is -0.420 e. The van der Waals surface area contributed by atoms with Crippen molar-refractivity contribution < 1.29 is 19.0 Å². The molecule has 3 nitrogen and oxygen atoms in total. The molecule has 2 saturated carbocycles. The van der Waals surface area contributed by atoms with E-state index in [4.69, 9.17) is 9.84 Å². The highest BCUT2D eigenvalue weighted by molar-refractivity contribution is 5.89. The summed E-state index contributed by atoms with van der Waals surface area (Å²) >= 11 is 0. The first kappa shape index (κ1) is 24.0. The number of benzene rings is 1. The lowest BCUT2D eigenvalue weighted by Gasteiger charge is -2.38. The van der Waals surface area contributed by atoms with Crippen LogP contribution in [0, 0.1) is 23.6 Å². The first-order valence-electron chi connectivity index (χ1n) is 12.3. The molecule has 3 rings (SSSR count). The third-order valence-corrected chi connectivity index (χ3v) is 7.66. The monoisotopic (exact) mass is 430 g/mol. The number of aliphatic hydroxyl groups excluding tert-OH is 1. The van der Waals surface area contributed by atoms with Gasteiger partial charge in [0.25, 0.3) is 0 Å². The van der Waals surface area contributed by atoms with Crippen molar-refractivity contribution in [2.45, 2.75) is 89.9 Å². The molecular formula is C27H39FO3. The maximum absolute atomic E-state index is 14.5. The molecule has 0 bridgehead atoms. The average molecular weight is 431 g/mol. The van der Waals surface area contributed by atoms with Crippen molar-refractivity contribution in [2.75, 3.05) is 6.61 Å². The predicted molar refractivity (Wildman–Crippen MR) is 123 cm³/mol. The molecule has 0 heterocycles. The first-order chi connectivity index (χ1) is 15.0. The zero-order chi connectivity index (χ0) is 22.2. The van der Waals surface area contributed by atoms with Crippen molar-refractivity contribution in [2.24, 2.45) is 17.8 Å². The summed E-state index contributed by atoms with van der Waals surface area (Å²) in [4.78, 5) is 11.7. The molecule has 31 heavy (non-hydrogen) atoms. The Morgan fingerprint density at radius 1 is 1.06 bits per heavy atom. The molecule has 0 saturated heterocycles. The van der Waals surface area contributed by atoms with Crippen molar-refractivity contribution >= 4 is 5.97 Å². The molecule has 0 aliphatic heterocycles. The number of aliphatic hydroxyl groups is 1. The van der Waals surface area contributed by atoms with Crippen LogP contribution in [0.15, 0.2) is 30.4 Å². The van der Waals surface area contributed by atoms with Crippen LogP contribution < -0.4 is 4.74 Å². The molecule has 0 radical (unpaired) electrons. The van der Waals surface area contributed by atoms with E-state index in [2.05, 4.69) is 13.5 Å². The summed E-state index contributed by atoms with van der Waals surface area (Å²) in [5, 5.41) is 8.94. The molecular weight excluding hydrogens is 391 g/mol. The van der Waals surface area contributed by atoms with Crippen LogP contribution in [-0.4, -0.2) is 17.7 Å². The maximum Gasteiger partial charge on any atom is 0.341 e. The molecule has 1 aromatic rings. The summed E-state index contributed by atoms with van der Waals surface area (Å²) in [6.07, 6.45) is 15.9. The molecule has 0 unspecified atom stereocenters. The fourth-order valence-corrected chi connectivity index (χ4v) is 5.65. The van der Waals surface area contributed by atoms with E-state index in [1.54, 1.807) is 0 Å². The van der Waals surface area contributed by atoms with Crippen LogP contribution in [0.25, 0.3) is 0 Å². The lowest BCUT2D eigenvalue weighted by atomic mass is 9.68. The Kier molecular flexibility index (Phi) is 9.13. The molecule has 1 N–H and O–H groups in total. The predicted octanol–water partition coefficient (Wildman–Crippen LogP) is 6.94. The summed E-state index contributed by atoms with van der Waals surface area (Å²) < 4.78 is 19.5. The second-order valence-electron chi connectivity index (χ2n) is 9.73. The van der Waals surface area contributed by atoms with E-state index in [1.807, 2.05) is 6.07 Å². The van der Waals surface area contributed by atoms with Gasteiger partial charge in [0.05, 0.1) is 12.2 Å². The number of rotatable bonds is 9. The van der Waals surface area contributed by atoms with Crippen LogP contribution in [0.4, 0.5) is 4.39 Å². The fraction of sp³-hybridized carbons (Fsp3) is 0.667. The Morgan fingerprint density at radius 2 is 1.71 bits per heavy atom. The number of hydrogen-bond donors (Lipinski definition) is 1. The molecule has 0 aromatic heterocycles. The van der Waals surface area contributed by atoms with E-state index >= 15 is 0 Å². The van der Waals surface area contributed by atoms with Gasteiger partial charge in [0.15, 0.2) is 11.6 Å². The third-order valence-electron chi connectivity index (χ3n) is 7.66. The number of carbonyl (C=O) groups excluding carboxylic acids is 1. The standard InChI is InChI=1S/C27H39FO3/c1-3-4-5-6-20-7-9-21(10-8-20)22-11-13-23(14-12-22)24-15-16-26(25(28)17-24)31-27(30)19(2)18-29/h15-17,20-23,29H,2-14,18H2,1H3. The molecule has 172 valence electrons. The summed E-state index contributed by atoms with van der Waals surface area (Å²) in [6.45, 7) is 5.19. The molecule has 0 atom stereocenters. The van der Waals surface area contributed by atoms with Gasteiger partial charge < -0.3 is 9.84 Å². The molecule has 4 heteroatoms. The maximum atomic E-state index is 14.5. The van der Waals surface area contributed by atoms with Crippen LogP contribution in [0.3, 0.4) is 0 Å². The molecule has 2 aliphatic carbocycles. The van der Waals surface area contributed by atoms with Crippen LogP contribution >= 0.6 is 0 Å². The van der Waals surface area contributed by atoms with E-state index in [1.165, 1.54) is 76.3 Å². The van der Waals surface area contributed by atoms with Crippen LogP contribution in [-0.2, 0) is 4.79 Å². The van der Waals surface area contributed by atoms with Crippen molar-refractivity contribution in [3.63, 3.8) is 0 Å². The van der Waals surface area contributed by atoms with Crippen molar-refractivity contribution in [1.29, 1.82) is 0 Å². The van der Waals surface area contributed by atoms with Gasteiger partial charge in [0.2, 0.25) is 0 Å². The molecule has 0 amide bonds. The summed E-state index contributed by atoms with van der Waals surface area (Å²) in [5.41, 5.74) is 0.910. The molecule has 1 aromatic carbocycles. The Labute approximate surface area is 187 Å². The highest BCUT2D eigenvalue weighted by Crippen LogP contribution is 2.44. The zero-order valence-corrected chi connectivity index (χ0v) is 19.1. The van der Waals surface area contributed by atoms with Crippen LogP contribution in [0.5, 0.6) is 5.75 Å². The van der Waals surface area contributed by atoms with Crippen molar-refractivity contribution in [1.82, 2.24) is 0 Å². The highest BCUT2D eigenvalue weighted by atomic mass is 19.1. The average Bonchev–Trinajstić information content (AvgIpc) is 2.80. The number of ether oxygens (including phenoxy) is 1. The van der Waals surface area contributed by atoms with E-state index in [0.717, 1.165) is 36.2 Å². The minimum absolute atomic E-state index is 0.0863. The normalized spacial score (nSPS) is 26.4. The molecule has 2 fully saturated rings. The van der Waals surface area contributed by atoms with Crippen molar-refractivity contribution in [3.05, 3.63) is 41.7 Å². The number of halogens is 1. The quantitative estimate of drug-likeness (QED) is 0.200. The van der Waals surface area contributed by atoms with Crippen LogP contribution in [0.1, 0.15) is 95.5 Å². The van der Waals surface area contributed by atoms with Gasteiger partial charge in [0, 0.05) is 0 Å². The van der Waals surface area contributed by atoms with Crippen molar-refractivity contribution in [3.8, 4) is 5.75 Å². The smallest absolute Gasteiger partial charge is 0.341 e. The zero-order valence-electron chi connectivity index (χ0n) is 19.1. The Balaban J connectivity index is 1.46. The lowest BCUT2D eigenvalue weighted by Crippen LogP contribution is -2.25. The SMILES string of the molecule is C=C(CO)C(=O)Oc1ccc(C2CCC(C3CCC(CCCCC)CC3)CC2)cc1F. The van der Waals surface area contributed by atoms with E-state index < -0.39 is 18.4 Å². The second-order valence-corrected chi connectivity index (χ2v) is 9.73. The van der Waals surface area contributed by atoms with Gasteiger partial charge in [0.1, 0.15) is 0 Å². The molecule has 2 aliphatic rings. The fourth-order valence-electron chi connectivity index (χ4n) is 5.65. The van der Waals surface area contributed by atoms with Gasteiger partial charge in [-0.25, -0.2) is 9.18 Å². The van der Waals surface area contributed by atoms with Gasteiger partial charge in [-0.1, -0.05) is 58.1 Å². The number of esters is 1. The van der Waals surface area contributed by atoms with E-state index in [9.17, 15) is 9.18 Å². The highest BCUT2D eigenvalue weighted by Gasteiger charge is 2.31. The largest absolute Gasteiger partial charge is 0.420 e. The lowest BCUT2D eigenvalue weighted by molar-refractivity contribution is -0.130. The Bertz CT molecular complexity index is 728. The number of unbranched alkanes of at least 4 members (excludes halogenated alkanes) is 2. The van der Waals surface area contributed by atoms with Gasteiger partial charge in [-0.15, -0.1) is 0 Å². The Morgan fingerprint density at radius 3 is 2.29 bits per heavy atom.